The monoisotopic (exact) mass is 344 g/mol. The van der Waals surface area contributed by atoms with Crippen LogP contribution in [0.4, 0.5) is 0 Å². The highest BCUT2D eigenvalue weighted by Gasteiger charge is 2.33. The molecule has 1 aliphatic rings. The van der Waals surface area contributed by atoms with Gasteiger partial charge >= 0.3 is 11.9 Å². The van der Waals surface area contributed by atoms with Crippen LogP contribution in [0.5, 0.6) is 0 Å². The quantitative estimate of drug-likeness (QED) is 0.567. The summed E-state index contributed by atoms with van der Waals surface area (Å²) in [5, 5.41) is 0. The lowest BCUT2D eigenvalue weighted by molar-refractivity contribution is -0.187. The summed E-state index contributed by atoms with van der Waals surface area (Å²) in [6.45, 7) is 9.71. The van der Waals surface area contributed by atoms with E-state index in [1.165, 1.54) is 0 Å². The van der Waals surface area contributed by atoms with Gasteiger partial charge in [0, 0.05) is 0 Å². The summed E-state index contributed by atoms with van der Waals surface area (Å²) in [7, 11) is 0. The SMILES string of the molecule is CCCC(OC(=O)CCC(=O)OCC1(CC)COCOC1)C(C)C. The fraction of sp³-hybridized carbons (Fsp3) is 0.889. The van der Waals surface area contributed by atoms with Gasteiger partial charge < -0.3 is 18.9 Å². The van der Waals surface area contributed by atoms with Crippen LogP contribution < -0.4 is 0 Å². The highest BCUT2D eigenvalue weighted by Crippen LogP contribution is 2.26. The van der Waals surface area contributed by atoms with Gasteiger partial charge in [-0.1, -0.05) is 34.1 Å². The topological polar surface area (TPSA) is 71.1 Å². The molecule has 140 valence electrons. The second-order valence-corrected chi connectivity index (χ2v) is 6.89. The van der Waals surface area contributed by atoms with E-state index in [-0.39, 0.29) is 55.6 Å². The van der Waals surface area contributed by atoms with Crippen molar-refractivity contribution in [2.45, 2.75) is 65.9 Å². The highest BCUT2D eigenvalue weighted by atomic mass is 16.7. The third-order valence-corrected chi connectivity index (χ3v) is 4.41. The molecule has 0 amide bonds. The van der Waals surface area contributed by atoms with Gasteiger partial charge in [0.25, 0.3) is 0 Å². The second kappa shape index (κ2) is 10.7. The van der Waals surface area contributed by atoms with Crippen molar-refractivity contribution in [1.82, 2.24) is 0 Å². The Balaban J connectivity index is 2.30. The smallest absolute Gasteiger partial charge is 0.306 e. The van der Waals surface area contributed by atoms with Crippen molar-refractivity contribution < 1.29 is 28.5 Å². The van der Waals surface area contributed by atoms with Gasteiger partial charge in [0.15, 0.2) is 0 Å². The Hall–Kier alpha value is -1.14. The molecule has 1 saturated heterocycles. The zero-order valence-electron chi connectivity index (χ0n) is 15.5. The maximum Gasteiger partial charge on any atom is 0.306 e. The molecule has 0 aliphatic carbocycles. The Kier molecular flexibility index (Phi) is 9.29. The third-order valence-electron chi connectivity index (χ3n) is 4.41. The van der Waals surface area contributed by atoms with Crippen molar-refractivity contribution >= 4 is 11.9 Å². The van der Waals surface area contributed by atoms with Crippen LogP contribution >= 0.6 is 0 Å². The maximum atomic E-state index is 11.9. The Morgan fingerprint density at radius 1 is 1.08 bits per heavy atom. The standard InChI is InChI=1S/C18H32O6/c1-5-7-15(14(3)4)24-17(20)9-8-16(19)23-12-18(6-2)10-21-13-22-11-18/h14-15H,5-13H2,1-4H3. The lowest BCUT2D eigenvalue weighted by Crippen LogP contribution is -2.41. The van der Waals surface area contributed by atoms with Crippen LogP contribution in [0.1, 0.15) is 59.8 Å². The zero-order chi connectivity index (χ0) is 18.0. The molecule has 1 atom stereocenters. The van der Waals surface area contributed by atoms with Crippen LogP contribution in [-0.4, -0.2) is 44.7 Å². The van der Waals surface area contributed by atoms with E-state index >= 15 is 0 Å². The molecule has 1 fully saturated rings. The Bertz CT molecular complexity index is 387. The first kappa shape index (κ1) is 20.9. The van der Waals surface area contributed by atoms with E-state index in [9.17, 15) is 9.59 Å². The molecular formula is C18H32O6. The van der Waals surface area contributed by atoms with Crippen LogP contribution in [0.25, 0.3) is 0 Å². The highest BCUT2D eigenvalue weighted by molar-refractivity contribution is 5.77. The Morgan fingerprint density at radius 2 is 1.71 bits per heavy atom. The molecule has 0 spiro atoms. The number of hydrogen-bond donors (Lipinski definition) is 0. The van der Waals surface area contributed by atoms with Crippen molar-refractivity contribution in [3.05, 3.63) is 0 Å². The van der Waals surface area contributed by atoms with E-state index in [4.69, 9.17) is 18.9 Å². The number of esters is 2. The summed E-state index contributed by atoms with van der Waals surface area (Å²) in [4.78, 5) is 23.8. The van der Waals surface area contributed by atoms with Crippen LogP contribution in [0.3, 0.4) is 0 Å². The molecule has 0 N–H and O–H groups in total. The molecule has 0 aromatic heterocycles. The van der Waals surface area contributed by atoms with Crippen molar-refractivity contribution in [2.75, 3.05) is 26.6 Å². The fourth-order valence-corrected chi connectivity index (χ4v) is 2.56. The van der Waals surface area contributed by atoms with Gasteiger partial charge in [-0.05, 0) is 18.8 Å². The lowest BCUT2D eigenvalue weighted by Gasteiger charge is -2.35. The summed E-state index contributed by atoms with van der Waals surface area (Å²) in [6.07, 6.45) is 2.61. The van der Waals surface area contributed by atoms with E-state index < -0.39 is 0 Å². The zero-order valence-corrected chi connectivity index (χ0v) is 15.5. The van der Waals surface area contributed by atoms with Crippen molar-refractivity contribution in [3.63, 3.8) is 0 Å². The van der Waals surface area contributed by atoms with E-state index in [1.807, 2.05) is 20.8 Å². The fourth-order valence-electron chi connectivity index (χ4n) is 2.56. The van der Waals surface area contributed by atoms with Gasteiger partial charge in [-0.3, -0.25) is 9.59 Å². The van der Waals surface area contributed by atoms with Gasteiger partial charge in [0.2, 0.25) is 0 Å². The van der Waals surface area contributed by atoms with E-state index in [2.05, 4.69) is 6.92 Å². The molecule has 0 bridgehead atoms. The van der Waals surface area contributed by atoms with Crippen LogP contribution in [0, 0.1) is 11.3 Å². The van der Waals surface area contributed by atoms with Crippen LogP contribution in [-0.2, 0) is 28.5 Å². The van der Waals surface area contributed by atoms with Gasteiger partial charge in [0.05, 0.1) is 31.5 Å². The number of rotatable bonds is 10. The maximum absolute atomic E-state index is 11.9. The molecule has 0 saturated carbocycles. The molecule has 0 aromatic carbocycles. The predicted octanol–water partition coefficient (Wildman–Crippen LogP) is 3.08. The van der Waals surface area contributed by atoms with Crippen molar-refractivity contribution in [1.29, 1.82) is 0 Å². The Morgan fingerprint density at radius 3 is 2.25 bits per heavy atom. The second-order valence-electron chi connectivity index (χ2n) is 6.89. The van der Waals surface area contributed by atoms with E-state index in [1.54, 1.807) is 0 Å². The van der Waals surface area contributed by atoms with Crippen molar-refractivity contribution in [3.8, 4) is 0 Å². The molecule has 1 heterocycles. The number of carbonyl (C=O) groups is 2. The first-order chi connectivity index (χ1) is 11.4. The number of hydrogen-bond acceptors (Lipinski definition) is 6. The summed E-state index contributed by atoms with van der Waals surface area (Å²) >= 11 is 0. The molecule has 0 radical (unpaired) electrons. The van der Waals surface area contributed by atoms with Gasteiger partial charge in [-0.2, -0.15) is 0 Å². The molecule has 6 nitrogen and oxygen atoms in total. The van der Waals surface area contributed by atoms with Crippen molar-refractivity contribution in [2.24, 2.45) is 11.3 Å². The average molecular weight is 344 g/mol. The number of ether oxygens (including phenoxy) is 4. The summed E-state index contributed by atoms with van der Waals surface area (Å²) in [5.41, 5.74) is -0.279. The first-order valence-electron chi connectivity index (χ1n) is 8.93. The van der Waals surface area contributed by atoms with Gasteiger partial charge in [-0.15, -0.1) is 0 Å². The molecule has 1 rings (SSSR count). The van der Waals surface area contributed by atoms with Crippen LogP contribution in [0.2, 0.25) is 0 Å². The largest absolute Gasteiger partial charge is 0.465 e. The minimum Gasteiger partial charge on any atom is -0.465 e. The van der Waals surface area contributed by atoms with E-state index in [0.29, 0.717) is 13.2 Å². The third kappa shape index (κ3) is 7.18. The molecule has 6 heteroatoms. The molecule has 1 aliphatic heterocycles. The lowest BCUT2D eigenvalue weighted by atomic mass is 9.87. The number of carbonyl (C=O) groups excluding carboxylic acids is 2. The predicted molar refractivity (Wildman–Crippen MR) is 89.3 cm³/mol. The normalized spacial score (nSPS) is 18.2. The summed E-state index contributed by atoms with van der Waals surface area (Å²) < 4.78 is 21.4. The van der Waals surface area contributed by atoms with Gasteiger partial charge in [-0.25, -0.2) is 0 Å². The van der Waals surface area contributed by atoms with E-state index in [0.717, 1.165) is 19.3 Å². The average Bonchev–Trinajstić information content (AvgIpc) is 2.58. The van der Waals surface area contributed by atoms with Crippen LogP contribution in [0.15, 0.2) is 0 Å². The minimum atomic E-state index is -0.387. The molecular weight excluding hydrogens is 312 g/mol. The molecule has 24 heavy (non-hydrogen) atoms. The molecule has 1 unspecified atom stereocenters. The summed E-state index contributed by atoms with van der Waals surface area (Å²) in [5.74, 6) is -0.452. The summed E-state index contributed by atoms with van der Waals surface area (Å²) in [6, 6.07) is 0. The first-order valence-corrected chi connectivity index (χ1v) is 8.93. The van der Waals surface area contributed by atoms with Gasteiger partial charge in [0.1, 0.15) is 19.5 Å². The molecule has 0 aromatic rings. The minimum absolute atomic E-state index is 0.0390. The Labute approximate surface area is 145 Å².